The van der Waals surface area contributed by atoms with Crippen LogP contribution >= 0.6 is 0 Å². The molecule has 0 aliphatic heterocycles. The Bertz CT molecular complexity index is 876. The van der Waals surface area contributed by atoms with E-state index < -0.39 is 17.2 Å². The van der Waals surface area contributed by atoms with Crippen LogP contribution < -0.4 is 5.73 Å². The summed E-state index contributed by atoms with van der Waals surface area (Å²) in [7, 11) is 0. The van der Waals surface area contributed by atoms with Gasteiger partial charge in [0.25, 0.3) is 0 Å². The fourth-order valence-corrected chi connectivity index (χ4v) is 2.69. The van der Waals surface area contributed by atoms with Gasteiger partial charge in [0, 0.05) is 29.8 Å². The highest BCUT2D eigenvalue weighted by Crippen LogP contribution is 2.28. The van der Waals surface area contributed by atoms with Gasteiger partial charge in [-0.1, -0.05) is 23.8 Å². The predicted molar refractivity (Wildman–Crippen MR) is 88.1 cm³/mol. The van der Waals surface area contributed by atoms with Crippen LogP contribution in [0.25, 0.3) is 22.4 Å². The molecule has 23 heavy (non-hydrogen) atoms. The van der Waals surface area contributed by atoms with Crippen molar-refractivity contribution >= 4 is 11.0 Å². The van der Waals surface area contributed by atoms with E-state index in [4.69, 9.17) is 5.73 Å². The quantitative estimate of drug-likeness (QED) is 0.793. The molecule has 0 amide bonds. The van der Waals surface area contributed by atoms with Gasteiger partial charge in [0.15, 0.2) is 11.6 Å². The van der Waals surface area contributed by atoms with E-state index in [-0.39, 0.29) is 0 Å². The van der Waals surface area contributed by atoms with Crippen LogP contribution in [0.5, 0.6) is 0 Å². The van der Waals surface area contributed by atoms with Crippen LogP contribution in [0.4, 0.5) is 8.78 Å². The lowest BCUT2D eigenvalue weighted by Gasteiger charge is -2.21. The second-order valence-electron chi connectivity index (χ2n) is 6.63. The molecule has 0 aliphatic carbocycles. The molecule has 0 saturated heterocycles. The molecule has 0 radical (unpaired) electrons. The molecule has 0 bridgehead atoms. The number of aromatic nitrogens is 2. The van der Waals surface area contributed by atoms with Crippen molar-refractivity contribution in [1.82, 2.24) is 9.55 Å². The van der Waals surface area contributed by atoms with Crippen LogP contribution in [0, 0.1) is 18.6 Å². The molecule has 3 rings (SSSR count). The first kappa shape index (κ1) is 15.6. The Morgan fingerprint density at radius 1 is 1.13 bits per heavy atom. The van der Waals surface area contributed by atoms with Crippen molar-refractivity contribution in [3.63, 3.8) is 0 Å². The zero-order valence-electron chi connectivity index (χ0n) is 13.4. The Balaban J connectivity index is 2.29. The Morgan fingerprint density at radius 2 is 1.83 bits per heavy atom. The normalized spacial score (nSPS) is 12.1. The first-order valence-electron chi connectivity index (χ1n) is 7.46. The van der Waals surface area contributed by atoms with Crippen LogP contribution in [0.2, 0.25) is 0 Å². The summed E-state index contributed by atoms with van der Waals surface area (Å²) in [5.41, 5.74) is 8.57. The average molecular weight is 315 g/mol. The van der Waals surface area contributed by atoms with E-state index in [2.05, 4.69) is 4.98 Å². The molecular formula is C18H19F2N3. The van der Waals surface area contributed by atoms with Gasteiger partial charge >= 0.3 is 0 Å². The molecule has 5 heteroatoms. The number of aryl methyl sites for hydroxylation is 1. The first-order chi connectivity index (χ1) is 10.7. The summed E-state index contributed by atoms with van der Waals surface area (Å²) in [6.45, 7) is 6.21. The van der Waals surface area contributed by atoms with E-state index in [1.165, 1.54) is 6.07 Å². The molecule has 2 aromatic carbocycles. The molecule has 0 fully saturated rings. The van der Waals surface area contributed by atoms with E-state index in [0.717, 1.165) is 17.2 Å². The fourth-order valence-electron chi connectivity index (χ4n) is 2.69. The maximum Gasteiger partial charge on any atom is 0.161 e. The smallest absolute Gasteiger partial charge is 0.161 e. The number of nitrogens with zero attached hydrogens (tertiary/aromatic N) is 2. The molecule has 2 N–H and O–H groups in total. The summed E-state index contributed by atoms with van der Waals surface area (Å²) >= 11 is 0. The lowest BCUT2D eigenvalue weighted by molar-refractivity contribution is 0.442. The van der Waals surface area contributed by atoms with E-state index in [1.807, 2.05) is 49.6 Å². The molecule has 3 nitrogen and oxygen atoms in total. The molecule has 0 atom stereocenters. The van der Waals surface area contributed by atoms with Gasteiger partial charge in [-0.25, -0.2) is 13.8 Å². The topological polar surface area (TPSA) is 43.8 Å². The maximum absolute atomic E-state index is 13.7. The van der Waals surface area contributed by atoms with Gasteiger partial charge in [0.2, 0.25) is 0 Å². The summed E-state index contributed by atoms with van der Waals surface area (Å²) in [5.74, 6) is -1.12. The number of benzene rings is 2. The van der Waals surface area contributed by atoms with E-state index >= 15 is 0 Å². The molecule has 0 unspecified atom stereocenters. The summed E-state index contributed by atoms with van der Waals surface area (Å²) in [6, 6.07) is 10.2. The third-order valence-electron chi connectivity index (χ3n) is 3.63. The SMILES string of the molecule is Cc1cccc(-c2nc3cc(F)c(F)cc3n2CC(C)(C)N)c1. The van der Waals surface area contributed by atoms with E-state index in [1.54, 1.807) is 0 Å². The highest BCUT2D eigenvalue weighted by Gasteiger charge is 2.20. The van der Waals surface area contributed by atoms with E-state index in [0.29, 0.717) is 23.4 Å². The van der Waals surface area contributed by atoms with Crippen molar-refractivity contribution in [3.8, 4) is 11.4 Å². The minimum absolute atomic E-state index is 0.421. The highest BCUT2D eigenvalue weighted by atomic mass is 19.2. The van der Waals surface area contributed by atoms with Gasteiger partial charge in [-0.3, -0.25) is 0 Å². The van der Waals surface area contributed by atoms with Crippen molar-refractivity contribution in [2.45, 2.75) is 32.9 Å². The molecular weight excluding hydrogens is 296 g/mol. The predicted octanol–water partition coefficient (Wildman–Crippen LogP) is 4.03. The number of imidazole rings is 1. The Morgan fingerprint density at radius 3 is 2.48 bits per heavy atom. The summed E-state index contributed by atoms with van der Waals surface area (Å²) < 4.78 is 29.1. The number of fused-ring (bicyclic) bond motifs is 1. The zero-order valence-corrected chi connectivity index (χ0v) is 13.4. The van der Waals surface area contributed by atoms with Crippen LogP contribution in [0.1, 0.15) is 19.4 Å². The lowest BCUT2D eigenvalue weighted by Crippen LogP contribution is -2.37. The number of hydrogen-bond acceptors (Lipinski definition) is 2. The lowest BCUT2D eigenvalue weighted by atomic mass is 10.1. The number of hydrogen-bond donors (Lipinski definition) is 1. The van der Waals surface area contributed by atoms with Crippen LogP contribution in [0.3, 0.4) is 0 Å². The minimum Gasteiger partial charge on any atom is -0.324 e. The average Bonchev–Trinajstić information content (AvgIpc) is 2.76. The van der Waals surface area contributed by atoms with Gasteiger partial charge in [-0.2, -0.15) is 0 Å². The number of nitrogens with two attached hydrogens (primary N) is 1. The summed E-state index contributed by atoms with van der Waals surface area (Å²) in [5, 5.41) is 0. The molecule has 0 spiro atoms. The number of halogens is 2. The Hall–Kier alpha value is -2.27. The van der Waals surface area contributed by atoms with Crippen molar-refractivity contribution in [1.29, 1.82) is 0 Å². The molecule has 3 aromatic rings. The van der Waals surface area contributed by atoms with Gasteiger partial charge in [-0.15, -0.1) is 0 Å². The van der Waals surface area contributed by atoms with Gasteiger partial charge in [0.1, 0.15) is 5.82 Å². The third kappa shape index (κ3) is 3.10. The molecule has 0 aliphatic rings. The molecule has 0 saturated carbocycles. The Kier molecular flexibility index (Phi) is 3.68. The summed E-state index contributed by atoms with van der Waals surface area (Å²) in [4.78, 5) is 4.51. The molecule has 120 valence electrons. The van der Waals surface area contributed by atoms with Crippen molar-refractivity contribution in [2.75, 3.05) is 0 Å². The first-order valence-corrected chi connectivity index (χ1v) is 7.46. The van der Waals surface area contributed by atoms with Gasteiger partial charge < -0.3 is 10.3 Å². The fraction of sp³-hybridized carbons (Fsp3) is 0.278. The van der Waals surface area contributed by atoms with Crippen molar-refractivity contribution in [3.05, 3.63) is 53.6 Å². The zero-order chi connectivity index (χ0) is 16.8. The summed E-state index contributed by atoms with van der Waals surface area (Å²) in [6.07, 6.45) is 0. The monoisotopic (exact) mass is 315 g/mol. The second-order valence-corrected chi connectivity index (χ2v) is 6.63. The standard InChI is InChI=1S/C18H19F2N3/c1-11-5-4-6-12(7-11)17-22-15-8-13(19)14(20)9-16(15)23(17)10-18(2,3)21/h4-9H,10,21H2,1-3H3. The van der Waals surface area contributed by atoms with Crippen LogP contribution in [-0.2, 0) is 6.54 Å². The molecule has 1 heterocycles. The second kappa shape index (κ2) is 5.42. The molecule has 1 aromatic heterocycles. The van der Waals surface area contributed by atoms with E-state index in [9.17, 15) is 8.78 Å². The largest absolute Gasteiger partial charge is 0.324 e. The van der Waals surface area contributed by atoms with Gasteiger partial charge in [-0.05, 0) is 26.8 Å². The Labute approximate surface area is 133 Å². The van der Waals surface area contributed by atoms with Gasteiger partial charge in [0.05, 0.1) is 11.0 Å². The third-order valence-corrected chi connectivity index (χ3v) is 3.63. The maximum atomic E-state index is 13.7. The van der Waals surface area contributed by atoms with Crippen molar-refractivity contribution < 1.29 is 8.78 Å². The number of rotatable bonds is 3. The minimum atomic E-state index is -0.898. The van der Waals surface area contributed by atoms with Crippen LogP contribution in [-0.4, -0.2) is 15.1 Å². The highest BCUT2D eigenvalue weighted by molar-refractivity contribution is 5.81. The van der Waals surface area contributed by atoms with Crippen LogP contribution in [0.15, 0.2) is 36.4 Å². The van der Waals surface area contributed by atoms with Crippen molar-refractivity contribution in [2.24, 2.45) is 5.73 Å².